The molecule has 0 spiro atoms. The van der Waals surface area contributed by atoms with Crippen molar-refractivity contribution in [2.75, 3.05) is 39.6 Å². The zero-order valence-electron chi connectivity index (χ0n) is 64.1. The van der Waals surface area contributed by atoms with E-state index in [1.54, 1.807) is 12.2 Å². The second kappa shape index (κ2) is 75.4. The normalized spacial score (nSPS) is 14.9. The first-order valence-corrected chi connectivity index (χ1v) is 42.0. The van der Waals surface area contributed by atoms with Crippen LogP contribution in [0.25, 0.3) is 0 Å². The van der Waals surface area contributed by atoms with Crippen LogP contribution < -0.4 is 0 Å². The fourth-order valence-electron chi connectivity index (χ4n) is 9.54. The van der Waals surface area contributed by atoms with E-state index in [0.29, 0.717) is 25.7 Å². The molecule has 0 aliphatic heterocycles. The number of aliphatic hydroxyl groups is 1. The summed E-state index contributed by atoms with van der Waals surface area (Å²) < 4.78 is 68.4. The van der Waals surface area contributed by atoms with Crippen LogP contribution in [0.2, 0.25) is 0 Å². The first-order valence-electron chi connectivity index (χ1n) is 39.0. The van der Waals surface area contributed by atoms with Gasteiger partial charge in [-0.05, 0) is 161 Å². The number of ether oxygens (including phenoxy) is 4. The monoisotopic (exact) mass is 1490 g/mol. The van der Waals surface area contributed by atoms with Crippen molar-refractivity contribution in [1.82, 2.24) is 0 Å². The average Bonchev–Trinajstić information content (AvgIpc) is 0.918. The number of esters is 4. The molecule has 0 aromatic heterocycles. The summed E-state index contributed by atoms with van der Waals surface area (Å²) in [5.74, 6) is -2.41. The maximum atomic E-state index is 13.1. The number of carbonyl (C=O) groups excluding carboxylic acids is 4. The number of unbranched alkanes of at least 4 members (excludes halogenated alkanes) is 16. The van der Waals surface area contributed by atoms with E-state index in [9.17, 15) is 43.2 Å². The Morgan fingerprint density at radius 3 is 0.865 bits per heavy atom. The minimum atomic E-state index is -5.02. The van der Waals surface area contributed by atoms with Gasteiger partial charge >= 0.3 is 39.5 Å². The third-order valence-corrected chi connectivity index (χ3v) is 17.3. The number of hydrogen-bond donors (Lipinski definition) is 3. The maximum absolute atomic E-state index is 13.1. The van der Waals surface area contributed by atoms with Gasteiger partial charge in [-0.15, -0.1) is 0 Å². The van der Waals surface area contributed by atoms with Crippen molar-refractivity contribution in [3.05, 3.63) is 182 Å². The molecule has 5 unspecified atom stereocenters. The van der Waals surface area contributed by atoms with E-state index in [4.69, 9.17) is 37.0 Å². The molecular weight excluding hydrogens is 1350 g/mol. The Labute approximate surface area is 628 Å². The van der Waals surface area contributed by atoms with Crippen LogP contribution in [-0.2, 0) is 65.4 Å². The molecule has 19 heteroatoms. The standard InChI is InChI=1S/C85H136O17P2/c1-5-9-13-17-21-25-29-33-37-38-39-40-44-46-50-54-58-62-66-70-83(88)96-76-81(102-85(90)72-68-64-60-56-52-48-43-36-32-28-24-20-16-12-8-4)78-100-104(93,94)98-74-79(86)73-97-103(91,92)99-77-80(101-84(89)71-67-63-59-55-51-47-42-35-31-27-23-19-15-11-7-3)75-95-82(87)69-65-61-57-53-49-45-41-34-30-26-22-18-14-10-6-2/h9-10,12-14,16,21-28,33-37,39-43,46,50,52,56,64,68,79-81,86H,5-8,11,15,17-20,29-32,38,44-45,47-49,51,53-55,57-63,65-67,69-78H2,1-4H3,(H,91,92)(H,93,94)/b13-9-,14-10-,16-12-,25-21-,26-22-,27-23-,28-24-,37-33-,40-39-,41-34-,42-35-,43-36-,50-46-,56-52-,68-64-. The third-order valence-electron chi connectivity index (χ3n) is 15.4. The lowest BCUT2D eigenvalue weighted by molar-refractivity contribution is -0.161. The van der Waals surface area contributed by atoms with Crippen molar-refractivity contribution >= 4 is 39.5 Å². The highest BCUT2D eigenvalue weighted by atomic mass is 31.2. The molecule has 0 aliphatic rings. The van der Waals surface area contributed by atoms with E-state index in [1.165, 1.54) is 19.3 Å². The van der Waals surface area contributed by atoms with Crippen molar-refractivity contribution in [2.24, 2.45) is 0 Å². The molecule has 17 nitrogen and oxygen atoms in total. The molecule has 0 radical (unpaired) electrons. The van der Waals surface area contributed by atoms with Crippen LogP contribution in [0.5, 0.6) is 0 Å². The van der Waals surface area contributed by atoms with Crippen molar-refractivity contribution in [3.8, 4) is 0 Å². The van der Waals surface area contributed by atoms with E-state index in [2.05, 4.69) is 186 Å². The largest absolute Gasteiger partial charge is 0.472 e. The minimum Gasteiger partial charge on any atom is -0.462 e. The zero-order chi connectivity index (χ0) is 76.0. The summed E-state index contributed by atoms with van der Waals surface area (Å²) in [6.07, 6.45) is 90.5. The molecule has 0 rings (SSSR count). The Hall–Kier alpha value is -5.84. The van der Waals surface area contributed by atoms with Crippen LogP contribution in [0.1, 0.15) is 272 Å². The number of phosphoric ester groups is 2. The molecule has 0 saturated heterocycles. The minimum absolute atomic E-state index is 0.0655. The van der Waals surface area contributed by atoms with Crippen molar-refractivity contribution in [3.63, 3.8) is 0 Å². The first-order chi connectivity index (χ1) is 50.7. The SMILES string of the molecule is CC/C=C\C/C=C\C/C=C\C/C=C\C/C=C\CCCCCC(=O)OCC(COP(=O)(O)OCC(O)COP(=O)(O)OCC(COC(=O)CCCCCCC/C=C\C/C=C\C/C=C\CC)OC(=O)CCCCCCC/C=C\C/C=C\CCCCC)OC(=O)C/C=C\C/C=C\C/C=C\C/C=C\C/C=C\CC. The number of allylic oxidation sites excluding steroid dienone is 29. The van der Waals surface area contributed by atoms with Crippen molar-refractivity contribution < 1.29 is 80.2 Å². The van der Waals surface area contributed by atoms with Gasteiger partial charge in [0.1, 0.15) is 19.3 Å². The van der Waals surface area contributed by atoms with Crippen molar-refractivity contribution in [1.29, 1.82) is 0 Å². The predicted molar refractivity (Wildman–Crippen MR) is 426 cm³/mol. The van der Waals surface area contributed by atoms with Gasteiger partial charge in [-0.2, -0.15) is 0 Å². The van der Waals surface area contributed by atoms with E-state index in [0.717, 1.165) is 173 Å². The Balaban J connectivity index is 5.50. The van der Waals surface area contributed by atoms with Gasteiger partial charge < -0.3 is 33.8 Å². The van der Waals surface area contributed by atoms with Gasteiger partial charge in [0.15, 0.2) is 12.2 Å². The van der Waals surface area contributed by atoms with Gasteiger partial charge in [0.2, 0.25) is 0 Å². The zero-order valence-corrected chi connectivity index (χ0v) is 65.9. The van der Waals surface area contributed by atoms with Gasteiger partial charge in [0.05, 0.1) is 32.8 Å². The molecule has 0 aromatic carbocycles. The molecule has 0 aliphatic carbocycles. The number of aliphatic hydroxyl groups excluding tert-OH is 1. The van der Waals surface area contributed by atoms with E-state index in [-0.39, 0.29) is 25.7 Å². The second-order valence-corrected chi connectivity index (χ2v) is 28.1. The predicted octanol–water partition coefficient (Wildman–Crippen LogP) is 22.8. The molecule has 0 fully saturated rings. The smallest absolute Gasteiger partial charge is 0.462 e. The lowest BCUT2D eigenvalue weighted by atomic mass is 10.1. The van der Waals surface area contributed by atoms with Crippen LogP contribution in [0.4, 0.5) is 0 Å². The molecule has 0 saturated carbocycles. The first kappa shape index (κ1) is 98.2. The summed E-state index contributed by atoms with van der Waals surface area (Å²) in [5, 5.41) is 10.6. The summed E-state index contributed by atoms with van der Waals surface area (Å²) in [7, 11) is -10.0. The molecule has 0 aromatic rings. The number of rotatable bonds is 71. The summed E-state index contributed by atoms with van der Waals surface area (Å²) in [4.78, 5) is 72.9. The lowest BCUT2D eigenvalue weighted by Crippen LogP contribution is -2.30. The molecule has 104 heavy (non-hydrogen) atoms. The van der Waals surface area contributed by atoms with Crippen LogP contribution in [0.3, 0.4) is 0 Å². The van der Waals surface area contributed by atoms with Crippen LogP contribution in [-0.4, -0.2) is 96.7 Å². The Bertz CT molecular complexity index is 2690. The summed E-state index contributed by atoms with van der Waals surface area (Å²) in [6, 6.07) is 0. The molecule has 0 amide bonds. The molecule has 3 N–H and O–H groups in total. The highest BCUT2D eigenvalue weighted by molar-refractivity contribution is 7.47. The van der Waals surface area contributed by atoms with E-state index >= 15 is 0 Å². The van der Waals surface area contributed by atoms with Gasteiger partial charge in [0.25, 0.3) is 0 Å². The Kier molecular flexibility index (Phi) is 71.2. The summed E-state index contributed by atoms with van der Waals surface area (Å²) >= 11 is 0. The van der Waals surface area contributed by atoms with Gasteiger partial charge in [-0.3, -0.25) is 37.3 Å². The molecule has 5 atom stereocenters. The quantitative estimate of drug-likeness (QED) is 0.0169. The van der Waals surface area contributed by atoms with Crippen LogP contribution in [0.15, 0.2) is 182 Å². The summed E-state index contributed by atoms with van der Waals surface area (Å²) in [5.41, 5.74) is 0. The topological polar surface area (TPSA) is 237 Å². The third kappa shape index (κ3) is 74.4. The lowest BCUT2D eigenvalue weighted by Gasteiger charge is -2.21. The fourth-order valence-corrected chi connectivity index (χ4v) is 11.1. The summed E-state index contributed by atoms with van der Waals surface area (Å²) in [6.45, 7) is 4.29. The molecular formula is C85H136O17P2. The van der Waals surface area contributed by atoms with E-state index < -0.39 is 97.5 Å². The number of hydrogen-bond acceptors (Lipinski definition) is 15. The highest BCUT2D eigenvalue weighted by Crippen LogP contribution is 2.45. The number of phosphoric acid groups is 2. The van der Waals surface area contributed by atoms with Crippen LogP contribution in [0, 0.1) is 0 Å². The second-order valence-electron chi connectivity index (χ2n) is 25.2. The van der Waals surface area contributed by atoms with Crippen LogP contribution >= 0.6 is 15.6 Å². The number of carbonyl (C=O) groups is 4. The Morgan fingerprint density at radius 2 is 0.538 bits per heavy atom. The molecule has 588 valence electrons. The van der Waals surface area contributed by atoms with Crippen molar-refractivity contribution in [2.45, 2.75) is 290 Å². The average molecular weight is 1490 g/mol. The maximum Gasteiger partial charge on any atom is 0.472 e. The van der Waals surface area contributed by atoms with Gasteiger partial charge in [0, 0.05) is 19.3 Å². The molecule has 0 heterocycles. The Morgan fingerprint density at radius 1 is 0.288 bits per heavy atom. The van der Waals surface area contributed by atoms with Gasteiger partial charge in [-0.25, -0.2) is 9.13 Å². The van der Waals surface area contributed by atoms with E-state index in [1.807, 2.05) is 12.2 Å². The fraction of sp³-hybridized carbons (Fsp3) is 0.600. The van der Waals surface area contributed by atoms with Gasteiger partial charge in [-0.1, -0.05) is 268 Å². The molecule has 0 bridgehead atoms. The highest BCUT2D eigenvalue weighted by Gasteiger charge is 2.30.